The van der Waals surface area contributed by atoms with Crippen LogP contribution in [-0.4, -0.2) is 53.5 Å². The standard InChI is InChI=1S/C14H17FN2.C8H14O2.C2H6/c1-10-8-16(2)9-14-13-7-12(15)4-3-11(13)5-6-17(10)14;1-8(10)4-2-7(6-9)3-5-8;1-2/h3-4,7,14H,1,5-6,8-9H2,2H3;6-7,10H,2-5H2,1H3;1-2H3. The summed E-state index contributed by atoms with van der Waals surface area (Å²) in [7, 11) is 2.09. The van der Waals surface area contributed by atoms with Gasteiger partial charge in [-0.05, 0) is 69.3 Å². The Bertz CT molecular complexity index is 694. The van der Waals surface area contributed by atoms with Crippen LogP contribution in [0.15, 0.2) is 30.5 Å². The number of aldehydes is 1. The van der Waals surface area contributed by atoms with Crippen molar-refractivity contribution in [1.29, 1.82) is 0 Å². The lowest BCUT2D eigenvalue weighted by atomic mass is 9.81. The van der Waals surface area contributed by atoms with E-state index in [4.69, 9.17) is 0 Å². The summed E-state index contributed by atoms with van der Waals surface area (Å²) in [5.74, 6) is 0.0738. The van der Waals surface area contributed by atoms with E-state index in [9.17, 15) is 14.3 Å². The van der Waals surface area contributed by atoms with Crippen molar-refractivity contribution in [2.75, 3.05) is 26.7 Å². The van der Waals surface area contributed by atoms with Gasteiger partial charge >= 0.3 is 0 Å². The molecule has 0 bridgehead atoms. The molecule has 2 aliphatic heterocycles. The highest BCUT2D eigenvalue weighted by Gasteiger charge is 2.33. The van der Waals surface area contributed by atoms with Crippen LogP contribution in [0.3, 0.4) is 0 Å². The Labute approximate surface area is 175 Å². The van der Waals surface area contributed by atoms with Crippen molar-refractivity contribution in [1.82, 2.24) is 9.80 Å². The highest BCUT2D eigenvalue weighted by Crippen LogP contribution is 2.35. The molecule has 2 heterocycles. The van der Waals surface area contributed by atoms with Crippen LogP contribution in [0.5, 0.6) is 0 Å². The summed E-state index contributed by atoms with van der Waals surface area (Å²) < 4.78 is 13.4. The van der Waals surface area contributed by atoms with Crippen LogP contribution in [0.1, 0.15) is 63.6 Å². The van der Waals surface area contributed by atoms with E-state index in [1.165, 1.54) is 5.56 Å². The maximum Gasteiger partial charge on any atom is 0.123 e. The third-order valence-electron chi connectivity index (χ3n) is 6.11. The van der Waals surface area contributed by atoms with Crippen LogP contribution < -0.4 is 0 Å². The number of hydrogen-bond donors (Lipinski definition) is 1. The summed E-state index contributed by atoms with van der Waals surface area (Å²) >= 11 is 0. The molecule has 5 heteroatoms. The normalized spacial score (nSPS) is 28.8. The predicted molar refractivity (Wildman–Crippen MR) is 116 cm³/mol. The van der Waals surface area contributed by atoms with E-state index in [-0.39, 0.29) is 17.8 Å². The summed E-state index contributed by atoms with van der Waals surface area (Å²) in [4.78, 5) is 14.9. The summed E-state index contributed by atoms with van der Waals surface area (Å²) in [5, 5.41) is 9.47. The first-order valence-electron chi connectivity index (χ1n) is 10.9. The van der Waals surface area contributed by atoms with Crippen molar-refractivity contribution in [2.45, 2.75) is 64.5 Å². The van der Waals surface area contributed by atoms with E-state index in [0.29, 0.717) is 0 Å². The molecule has 162 valence electrons. The maximum atomic E-state index is 13.4. The van der Waals surface area contributed by atoms with Gasteiger partial charge in [0.1, 0.15) is 12.1 Å². The van der Waals surface area contributed by atoms with E-state index >= 15 is 0 Å². The van der Waals surface area contributed by atoms with Gasteiger partial charge in [0.15, 0.2) is 0 Å². The van der Waals surface area contributed by atoms with Gasteiger partial charge in [0, 0.05) is 31.2 Å². The first-order chi connectivity index (χ1) is 13.8. The number of benzene rings is 1. The minimum absolute atomic E-state index is 0.135. The van der Waals surface area contributed by atoms with E-state index in [1.807, 2.05) is 26.8 Å². The first-order valence-corrected chi connectivity index (χ1v) is 10.9. The van der Waals surface area contributed by atoms with Crippen molar-refractivity contribution in [3.8, 4) is 0 Å². The predicted octanol–water partition coefficient (Wildman–Crippen LogP) is 4.34. The van der Waals surface area contributed by atoms with Crippen LogP contribution >= 0.6 is 0 Å². The van der Waals surface area contributed by atoms with Gasteiger partial charge in [-0.15, -0.1) is 0 Å². The molecule has 1 aliphatic carbocycles. The molecule has 0 radical (unpaired) electrons. The Kier molecular flexibility index (Phi) is 8.41. The number of halogens is 1. The lowest BCUT2D eigenvalue weighted by molar-refractivity contribution is -0.113. The fourth-order valence-corrected chi connectivity index (χ4v) is 4.40. The number of aliphatic hydroxyl groups is 1. The summed E-state index contributed by atoms with van der Waals surface area (Å²) in [6.07, 6.45) is 5.27. The molecule has 4 rings (SSSR count). The minimum Gasteiger partial charge on any atom is -0.390 e. The van der Waals surface area contributed by atoms with Gasteiger partial charge in [-0.2, -0.15) is 0 Å². The Hall–Kier alpha value is -1.72. The third kappa shape index (κ3) is 6.13. The molecule has 1 aromatic rings. The van der Waals surface area contributed by atoms with Crippen LogP contribution in [0.25, 0.3) is 0 Å². The second kappa shape index (κ2) is 10.4. The summed E-state index contributed by atoms with van der Waals surface area (Å²) in [5.41, 5.74) is 3.08. The monoisotopic (exact) mass is 404 g/mol. The molecule has 1 saturated heterocycles. The molecule has 1 unspecified atom stereocenters. The fraction of sp³-hybridized carbons (Fsp3) is 0.625. The van der Waals surface area contributed by atoms with Crippen LogP contribution in [-0.2, 0) is 11.2 Å². The van der Waals surface area contributed by atoms with Crippen molar-refractivity contribution in [3.63, 3.8) is 0 Å². The Morgan fingerprint density at radius 1 is 1.28 bits per heavy atom. The number of hydrogen-bond acceptors (Lipinski definition) is 4. The number of carbonyl (C=O) groups is 1. The quantitative estimate of drug-likeness (QED) is 0.708. The first kappa shape index (κ1) is 23.6. The molecule has 1 saturated carbocycles. The number of piperazine rings is 1. The second-order valence-corrected chi connectivity index (χ2v) is 8.54. The molecule has 2 fully saturated rings. The fourth-order valence-electron chi connectivity index (χ4n) is 4.40. The zero-order valence-electron chi connectivity index (χ0n) is 18.5. The molecular weight excluding hydrogens is 367 g/mol. The van der Waals surface area contributed by atoms with E-state index < -0.39 is 5.60 Å². The molecule has 0 aromatic heterocycles. The van der Waals surface area contributed by atoms with E-state index in [2.05, 4.69) is 23.4 Å². The molecule has 1 atom stereocenters. The molecule has 4 nitrogen and oxygen atoms in total. The smallest absolute Gasteiger partial charge is 0.123 e. The van der Waals surface area contributed by atoms with Crippen molar-refractivity contribution >= 4 is 6.29 Å². The van der Waals surface area contributed by atoms with Gasteiger partial charge in [-0.1, -0.05) is 26.5 Å². The zero-order chi connectivity index (χ0) is 21.6. The summed E-state index contributed by atoms with van der Waals surface area (Å²) in [6.45, 7) is 12.9. The average molecular weight is 405 g/mol. The Morgan fingerprint density at radius 3 is 2.55 bits per heavy atom. The van der Waals surface area contributed by atoms with Gasteiger partial charge in [-0.25, -0.2) is 4.39 Å². The van der Waals surface area contributed by atoms with Crippen LogP contribution in [0, 0.1) is 11.7 Å². The zero-order valence-corrected chi connectivity index (χ0v) is 18.5. The topological polar surface area (TPSA) is 43.8 Å². The number of nitrogens with zero attached hydrogens (tertiary/aromatic N) is 2. The van der Waals surface area contributed by atoms with Crippen molar-refractivity contribution in [2.24, 2.45) is 5.92 Å². The molecule has 1 N–H and O–H groups in total. The van der Waals surface area contributed by atoms with Gasteiger partial charge < -0.3 is 14.8 Å². The minimum atomic E-state index is -0.500. The van der Waals surface area contributed by atoms with E-state index in [1.54, 1.807) is 12.1 Å². The number of carbonyl (C=O) groups excluding carboxylic acids is 1. The van der Waals surface area contributed by atoms with Crippen LogP contribution in [0.2, 0.25) is 0 Å². The third-order valence-corrected chi connectivity index (χ3v) is 6.11. The SMILES string of the molecule is C=C1CN(C)CC2c3cc(F)ccc3CCN12.CC.CC1(O)CCC(C=O)CC1. The van der Waals surface area contributed by atoms with Gasteiger partial charge in [0.05, 0.1) is 11.6 Å². The molecule has 29 heavy (non-hydrogen) atoms. The number of likely N-dealkylation sites (N-methyl/N-ethyl adjacent to an activating group) is 1. The number of rotatable bonds is 1. The average Bonchev–Trinajstić information content (AvgIpc) is 2.70. The lowest BCUT2D eigenvalue weighted by Crippen LogP contribution is -2.47. The van der Waals surface area contributed by atoms with E-state index in [0.717, 1.165) is 69.3 Å². The number of fused-ring (bicyclic) bond motifs is 3. The highest BCUT2D eigenvalue weighted by atomic mass is 19.1. The molecular formula is C24H37FN2O2. The second-order valence-electron chi connectivity index (χ2n) is 8.54. The molecule has 1 aromatic carbocycles. The van der Waals surface area contributed by atoms with Gasteiger partial charge in [0.25, 0.3) is 0 Å². The largest absolute Gasteiger partial charge is 0.390 e. The van der Waals surface area contributed by atoms with Crippen molar-refractivity contribution in [3.05, 3.63) is 47.4 Å². The van der Waals surface area contributed by atoms with Gasteiger partial charge in [0.2, 0.25) is 0 Å². The maximum absolute atomic E-state index is 13.4. The lowest BCUT2D eigenvalue weighted by Gasteiger charge is -2.46. The molecule has 0 spiro atoms. The highest BCUT2D eigenvalue weighted by molar-refractivity contribution is 5.53. The van der Waals surface area contributed by atoms with Crippen molar-refractivity contribution < 1.29 is 14.3 Å². The van der Waals surface area contributed by atoms with Gasteiger partial charge in [-0.3, -0.25) is 4.90 Å². The Balaban J connectivity index is 0.000000215. The molecule has 3 aliphatic rings. The van der Waals surface area contributed by atoms with Crippen LogP contribution in [0.4, 0.5) is 4.39 Å². The molecule has 0 amide bonds. The Morgan fingerprint density at radius 2 is 1.93 bits per heavy atom. The summed E-state index contributed by atoms with van der Waals surface area (Å²) in [6, 6.07) is 5.47.